The molecule has 0 saturated heterocycles. The van der Waals surface area contributed by atoms with Gasteiger partial charge in [0, 0.05) is 24.9 Å². The minimum absolute atomic E-state index is 0. The van der Waals surface area contributed by atoms with Gasteiger partial charge in [0.25, 0.3) is 0 Å². The SMILES string of the molecule is CN=C(NCc1cccc(OC(C)C)c1)NCC(C)(C)SC.I. The minimum Gasteiger partial charge on any atom is -0.491 e. The van der Waals surface area contributed by atoms with Crippen molar-refractivity contribution < 1.29 is 4.74 Å². The number of guanidine groups is 1. The number of aliphatic imine (C=N–C) groups is 1. The lowest BCUT2D eigenvalue weighted by atomic mass is 10.2. The number of hydrogen-bond acceptors (Lipinski definition) is 3. The predicted octanol–water partition coefficient (Wildman–Crippen LogP) is 3.90. The topological polar surface area (TPSA) is 45.7 Å². The molecule has 0 heterocycles. The third-order valence-electron chi connectivity index (χ3n) is 3.19. The highest BCUT2D eigenvalue weighted by Crippen LogP contribution is 2.19. The van der Waals surface area contributed by atoms with Crippen molar-refractivity contribution in [2.24, 2.45) is 4.99 Å². The van der Waals surface area contributed by atoms with Crippen LogP contribution >= 0.6 is 35.7 Å². The third-order valence-corrected chi connectivity index (χ3v) is 4.44. The highest BCUT2D eigenvalue weighted by atomic mass is 127. The maximum absolute atomic E-state index is 5.72. The highest BCUT2D eigenvalue weighted by Gasteiger charge is 2.16. The molecule has 1 aromatic carbocycles. The molecule has 6 heteroatoms. The molecule has 0 atom stereocenters. The molecular formula is C17H30IN3OS. The third kappa shape index (κ3) is 9.30. The molecule has 0 aliphatic carbocycles. The van der Waals surface area contributed by atoms with Crippen LogP contribution in [0.1, 0.15) is 33.3 Å². The molecule has 1 aromatic rings. The van der Waals surface area contributed by atoms with Crippen molar-refractivity contribution in [2.45, 2.75) is 45.1 Å². The molecule has 0 fully saturated rings. The summed E-state index contributed by atoms with van der Waals surface area (Å²) in [5.74, 6) is 1.72. The highest BCUT2D eigenvalue weighted by molar-refractivity contribution is 14.0. The number of nitrogens with one attached hydrogen (secondary N) is 2. The zero-order chi connectivity index (χ0) is 16.6. The zero-order valence-electron chi connectivity index (χ0n) is 15.0. The largest absolute Gasteiger partial charge is 0.491 e. The van der Waals surface area contributed by atoms with E-state index in [0.29, 0.717) is 6.54 Å². The number of thioether (sulfide) groups is 1. The molecule has 23 heavy (non-hydrogen) atoms. The van der Waals surface area contributed by atoms with Crippen LogP contribution in [-0.2, 0) is 6.54 Å². The fraction of sp³-hybridized carbons (Fsp3) is 0.588. The van der Waals surface area contributed by atoms with Crippen molar-refractivity contribution in [3.63, 3.8) is 0 Å². The predicted molar refractivity (Wildman–Crippen MR) is 113 cm³/mol. The fourth-order valence-corrected chi connectivity index (χ4v) is 1.99. The van der Waals surface area contributed by atoms with Crippen LogP contribution in [0.5, 0.6) is 5.75 Å². The van der Waals surface area contributed by atoms with E-state index in [1.165, 1.54) is 5.56 Å². The lowest BCUT2D eigenvalue weighted by molar-refractivity contribution is 0.242. The van der Waals surface area contributed by atoms with Gasteiger partial charge in [0.15, 0.2) is 5.96 Å². The molecule has 0 spiro atoms. The Kier molecular flexibility index (Phi) is 10.7. The number of hydrogen-bond donors (Lipinski definition) is 2. The molecule has 0 unspecified atom stereocenters. The Bertz CT molecular complexity index is 492. The standard InChI is InChI=1S/C17H29N3OS.HI/c1-13(2)21-15-9-7-8-14(10-15)11-19-16(18-5)20-12-17(3,4)22-6;/h7-10,13H,11-12H2,1-6H3,(H2,18,19,20);1H. The van der Waals surface area contributed by atoms with E-state index in [1.54, 1.807) is 7.05 Å². The van der Waals surface area contributed by atoms with Crippen molar-refractivity contribution in [3.05, 3.63) is 29.8 Å². The van der Waals surface area contributed by atoms with E-state index >= 15 is 0 Å². The van der Waals surface area contributed by atoms with Gasteiger partial charge in [-0.1, -0.05) is 12.1 Å². The second kappa shape index (κ2) is 11.0. The minimum atomic E-state index is 0. The van der Waals surface area contributed by atoms with Crippen molar-refractivity contribution in [1.82, 2.24) is 10.6 Å². The lowest BCUT2D eigenvalue weighted by Gasteiger charge is -2.23. The Morgan fingerprint density at radius 3 is 2.57 bits per heavy atom. The number of ether oxygens (including phenoxy) is 1. The molecular weight excluding hydrogens is 421 g/mol. The lowest BCUT2D eigenvalue weighted by Crippen LogP contribution is -2.42. The van der Waals surface area contributed by atoms with Crippen molar-refractivity contribution in [1.29, 1.82) is 0 Å². The van der Waals surface area contributed by atoms with E-state index in [0.717, 1.165) is 18.3 Å². The zero-order valence-corrected chi connectivity index (χ0v) is 18.1. The second-order valence-corrected chi connectivity index (χ2v) is 7.57. The molecule has 0 radical (unpaired) electrons. The number of rotatable bonds is 7. The summed E-state index contributed by atoms with van der Waals surface area (Å²) in [6.45, 7) is 10.1. The first-order valence-electron chi connectivity index (χ1n) is 7.61. The van der Waals surface area contributed by atoms with E-state index in [2.05, 4.69) is 47.9 Å². The van der Waals surface area contributed by atoms with Crippen LogP contribution in [0, 0.1) is 0 Å². The van der Waals surface area contributed by atoms with E-state index in [-0.39, 0.29) is 34.8 Å². The normalized spacial score (nSPS) is 11.9. The summed E-state index contributed by atoms with van der Waals surface area (Å²) < 4.78 is 5.90. The van der Waals surface area contributed by atoms with Gasteiger partial charge in [-0.15, -0.1) is 24.0 Å². The summed E-state index contributed by atoms with van der Waals surface area (Å²) in [6, 6.07) is 8.14. The molecule has 132 valence electrons. The number of benzene rings is 1. The number of nitrogens with zero attached hydrogens (tertiary/aromatic N) is 1. The molecule has 0 bridgehead atoms. The fourth-order valence-electron chi connectivity index (χ4n) is 1.78. The molecule has 1 rings (SSSR count). The summed E-state index contributed by atoms with van der Waals surface area (Å²) in [6.07, 6.45) is 2.31. The summed E-state index contributed by atoms with van der Waals surface area (Å²) in [5.41, 5.74) is 1.17. The molecule has 0 saturated carbocycles. The van der Waals surface area contributed by atoms with E-state index in [1.807, 2.05) is 37.7 Å². The smallest absolute Gasteiger partial charge is 0.191 e. The molecule has 0 aliphatic heterocycles. The van der Waals surface area contributed by atoms with Crippen LogP contribution in [-0.4, -0.2) is 36.7 Å². The van der Waals surface area contributed by atoms with Gasteiger partial charge in [-0.05, 0) is 51.6 Å². The summed E-state index contributed by atoms with van der Waals surface area (Å²) in [7, 11) is 1.79. The first kappa shape index (κ1) is 22.4. The Labute approximate surface area is 162 Å². The van der Waals surface area contributed by atoms with Gasteiger partial charge in [0.1, 0.15) is 5.75 Å². The Morgan fingerprint density at radius 2 is 2.00 bits per heavy atom. The van der Waals surface area contributed by atoms with Gasteiger partial charge in [0.05, 0.1) is 6.10 Å². The van der Waals surface area contributed by atoms with Crippen LogP contribution in [0.25, 0.3) is 0 Å². The summed E-state index contributed by atoms with van der Waals surface area (Å²) in [4.78, 5) is 4.27. The second-order valence-electron chi connectivity index (χ2n) is 6.06. The van der Waals surface area contributed by atoms with Gasteiger partial charge in [-0.25, -0.2) is 0 Å². The van der Waals surface area contributed by atoms with Crippen LogP contribution < -0.4 is 15.4 Å². The average molecular weight is 451 g/mol. The van der Waals surface area contributed by atoms with E-state index in [9.17, 15) is 0 Å². The van der Waals surface area contributed by atoms with Gasteiger partial charge in [-0.3, -0.25) is 4.99 Å². The molecule has 2 N–H and O–H groups in total. The molecule has 0 aromatic heterocycles. The monoisotopic (exact) mass is 451 g/mol. The Morgan fingerprint density at radius 1 is 1.30 bits per heavy atom. The molecule has 0 amide bonds. The van der Waals surface area contributed by atoms with Crippen LogP contribution in [0.3, 0.4) is 0 Å². The van der Waals surface area contributed by atoms with Gasteiger partial charge in [-0.2, -0.15) is 11.8 Å². The van der Waals surface area contributed by atoms with Crippen LogP contribution in [0.15, 0.2) is 29.3 Å². The van der Waals surface area contributed by atoms with Crippen molar-refractivity contribution in [2.75, 3.05) is 19.8 Å². The van der Waals surface area contributed by atoms with Crippen molar-refractivity contribution in [3.8, 4) is 5.75 Å². The maximum Gasteiger partial charge on any atom is 0.191 e. The van der Waals surface area contributed by atoms with Crippen molar-refractivity contribution >= 4 is 41.7 Å². The molecule has 0 aliphatic rings. The summed E-state index contributed by atoms with van der Waals surface area (Å²) >= 11 is 1.84. The van der Waals surface area contributed by atoms with E-state index in [4.69, 9.17) is 4.74 Å². The van der Waals surface area contributed by atoms with Crippen LogP contribution in [0.4, 0.5) is 0 Å². The van der Waals surface area contributed by atoms with E-state index < -0.39 is 0 Å². The number of halogens is 1. The van der Waals surface area contributed by atoms with Gasteiger partial charge < -0.3 is 15.4 Å². The summed E-state index contributed by atoms with van der Waals surface area (Å²) in [5, 5.41) is 6.70. The first-order chi connectivity index (χ1) is 10.4. The maximum atomic E-state index is 5.72. The first-order valence-corrected chi connectivity index (χ1v) is 8.84. The Hall–Kier alpha value is -0.630. The quantitative estimate of drug-likeness (QED) is 0.375. The molecule has 4 nitrogen and oxygen atoms in total. The van der Waals surface area contributed by atoms with Crippen LogP contribution in [0.2, 0.25) is 0 Å². The van der Waals surface area contributed by atoms with Gasteiger partial charge in [0.2, 0.25) is 0 Å². The van der Waals surface area contributed by atoms with Gasteiger partial charge >= 0.3 is 0 Å². The Balaban J connectivity index is 0.00000484. The average Bonchev–Trinajstić information content (AvgIpc) is 2.47.